The molecular weight excluding hydrogens is 276 g/mol. The minimum Gasteiger partial charge on any atom is -0.379 e. The van der Waals surface area contributed by atoms with E-state index < -0.39 is 5.41 Å². The van der Waals surface area contributed by atoms with Crippen molar-refractivity contribution in [2.75, 3.05) is 31.6 Å². The summed E-state index contributed by atoms with van der Waals surface area (Å²) < 4.78 is 5.41. The third-order valence-electron chi connectivity index (χ3n) is 4.52. The van der Waals surface area contributed by atoms with Crippen LogP contribution in [0.1, 0.15) is 19.4 Å². The second kappa shape index (κ2) is 5.02. The average Bonchev–Trinajstić information content (AvgIpc) is 2.74. The summed E-state index contributed by atoms with van der Waals surface area (Å²) in [6.45, 7) is 6.76. The Labute approximate surface area is 124 Å². The lowest BCUT2D eigenvalue weighted by atomic mass is 9.78. The van der Waals surface area contributed by atoms with Crippen molar-refractivity contribution in [2.24, 2.45) is 0 Å². The van der Waals surface area contributed by atoms with E-state index in [1.165, 1.54) is 0 Å². The van der Waals surface area contributed by atoms with E-state index in [1.54, 1.807) is 6.92 Å². The number of rotatable bonds is 2. The van der Waals surface area contributed by atoms with E-state index in [1.807, 2.05) is 25.1 Å². The Morgan fingerprint density at radius 3 is 2.80 bits per heavy atom. The van der Waals surface area contributed by atoms with Gasteiger partial charge in [-0.1, -0.05) is 11.6 Å². The van der Waals surface area contributed by atoms with Gasteiger partial charge in [-0.2, -0.15) is 0 Å². The van der Waals surface area contributed by atoms with Gasteiger partial charge in [0.05, 0.1) is 24.8 Å². The van der Waals surface area contributed by atoms with Gasteiger partial charge in [0.25, 0.3) is 0 Å². The minimum atomic E-state index is -0.572. The van der Waals surface area contributed by atoms with Gasteiger partial charge in [-0.15, -0.1) is 0 Å². The molecule has 2 heterocycles. The summed E-state index contributed by atoms with van der Waals surface area (Å²) in [4.78, 5) is 14.6. The first-order valence-corrected chi connectivity index (χ1v) is 7.30. The SMILES string of the molecule is CC(=O)C1(C)c2cc(Cl)ccc2NC1N1CCOCC1. The number of carbonyl (C=O) groups is 1. The maximum Gasteiger partial charge on any atom is 0.143 e. The quantitative estimate of drug-likeness (QED) is 0.908. The molecule has 0 bridgehead atoms. The molecule has 1 saturated heterocycles. The molecule has 0 spiro atoms. The van der Waals surface area contributed by atoms with E-state index in [4.69, 9.17) is 16.3 Å². The van der Waals surface area contributed by atoms with Gasteiger partial charge in [0, 0.05) is 23.8 Å². The molecule has 0 saturated carbocycles. The first-order chi connectivity index (χ1) is 9.53. The fraction of sp³-hybridized carbons (Fsp3) is 0.533. The lowest BCUT2D eigenvalue weighted by Gasteiger charge is -2.40. The number of halogens is 1. The number of morpholine rings is 1. The smallest absolute Gasteiger partial charge is 0.143 e. The van der Waals surface area contributed by atoms with Gasteiger partial charge in [-0.25, -0.2) is 0 Å². The topological polar surface area (TPSA) is 41.6 Å². The Morgan fingerprint density at radius 1 is 1.45 bits per heavy atom. The average molecular weight is 295 g/mol. The number of carbonyl (C=O) groups excluding carboxylic acids is 1. The van der Waals surface area contributed by atoms with Crippen LogP contribution in [0.2, 0.25) is 5.02 Å². The third kappa shape index (κ3) is 2.03. The van der Waals surface area contributed by atoms with E-state index in [0.717, 1.165) is 24.3 Å². The van der Waals surface area contributed by atoms with Crippen LogP contribution in [0.25, 0.3) is 0 Å². The van der Waals surface area contributed by atoms with Gasteiger partial charge in [0.1, 0.15) is 5.78 Å². The highest BCUT2D eigenvalue weighted by atomic mass is 35.5. The first kappa shape index (κ1) is 13.9. The molecular formula is C15H19ClN2O2. The highest BCUT2D eigenvalue weighted by Crippen LogP contribution is 2.44. The second-order valence-electron chi connectivity index (χ2n) is 5.64. The number of fused-ring (bicyclic) bond motifs is 1. The summed E-state index contributed by atoms with van der Waals surface area (Å²) in [5, 5.41) is 4.16. The van der Waals surface area contributed by atoms with Crippen molar-refractivity contribution in [2.45, 2.75) is 25.4 Å². The van der Waals surface area contributed by atoms with E-state index in [2.05, 4.69) is 10.2 Å². The molecule has 1 N–H and O–H groups in total. The van der Waals surface area contributed by atoms with Gasteiger partial charge >= 0.3 is 0 Å². The summed E-state index contributed by atoms with van der Waals surface area (Å²) in [5.74, 6) is 0.155. The highest BCUT2D eigenvalue weighted by molar-refractivity contribution is 6.30. The zero-order valence-corrected chi connectivity index (χ0v) is 12.5. The molecule has 1 aromatic carbocycles. The molecule has 1 fully saturated rings. The molecule has 5 heteroatoms. The Hall–Kier alpha value is -1.10. The van der Waals surface area contributed by atoms with Gasteiger partial charge < -0.3 is 10.1 Å². The van der Waals surface area contributed by atoms with Crippen LogP contribution in [-0.4, -0.2) is 43.2 Å². The van der Waals surface area contributed by atoms with E-state index >= 15 is 0 Å². The number of Topliss-reactive ketones (excluding diaryl/α,β-unsaturated/α-hetero) is 1. The predicted octanol–water partition coefficient (Wildman–Crippen LogP) is 2.27. The molecule has 4 nitrogen and oxygen atoms in total. The van der Waals surface area contributed by atoms with E-state index in [0.29, 0.717) is 18.2 Å². The number of nitrogens with zero attached hydrogens (tertiary/aromatic N) is 1. The molecule has 108 valence electrons. The van der Waals surface area contributed by atoms with Crippen molar-refractivity contribution in [1.82, 2.24) is 4.90 Å². The Kier molecular flexibility index (Phi) is 3.48. The molecule has 2 unspecified atom stereocenters. The molecule has 0 aromatic heterocycles. The van der Waals surface area contributed by atoms with Crippen LogP contribution in [0.4, 0.5) is 5.69 Å². The van der Waals surface area contributed by atoms with Crippen LogP contribution in [0.5, 0.6) is 0 Å². The van der Waals surface area contributed by atoms with Gasteiger partial charge in [0.2, 0.25) is 0 Å². The molecule has 2 aliphatic rings. The third-order valence-corrected chi connectivity index (χ3v) is 4.76. The molecule has 2 aliphatic heterocycles. The molecule has 3 rings (SSSR count). The standard InChI is InChI=1S/C15H19ClN2O2/c1-10(19)15(2)12-9-11(16)3-4-13(12)17-14(15)18-5-7-20-8-6-18/h3-4,9,14,17H,5-8H2,1-2H3. The number of nitrogens with one attached hydrogen (secondary N) is 1. The Bertz CT molecular complexity index is 543. The number of ketones is 1. The summed E-state index contributed by atoms with van der Waals surface area (Å²) in [6.07, 6.45) is -0.0302. The van der Waals surface area contributed by atoms with Gasteiger partial charge in [0.15, 0.2) is 0 Å². The van der Waals surface area contributed by atoms with E-state index in [9.17, 15) is 4.79 Å². The zero-order valence-electron chi connectivity index (χ0n) is 11.8. The predicted molar refractivity (Wildman–Crippen MR) is 79.3 cm³/mol. The van der Waals surface area contributed by atoms with Gasteiger partial charge in [-0.3, -0.25) is 9.69 Å². The number of hydrogen-bond donors (Lipinski definition) is 1. The molecule has 0 radical (unpaired) electrons. The van der Waals surface area contributed by atoms with Crippen molar-refractivity contribution >= 4 is 23.1 Å². The van der Waals surface area contributed by atoms with Crippen LogP contribution in [0.15, 0.2) is 18.2 Å². The van der Waals surface area contributed by atoms with Crippen LogP contribution in [0, 0.1) is 0 Å². The molecule has 2 atom stereocenters. The van der Waals surface area contributed by atoms with E-state index in [-0.39, 0.29) is 11.9 Å². The number of benzene rings is 1. The maximum absolute atomic E-state index is 12.4. The van der Waals surface area contributed by atoms with Crippen molar-refractivity contribution in [1.29, 1.82) is 0 Å². The normalized spacial score (nSPS) is 29.9. The summed E-state index contributed by atoms with van der Waals surface area (Å²) >= 11 is 6.12. The van der Waals surface area contributed by atoms with Crippen LogP contribution in [-0.2, 0) is 14.9 Å². The molecule has 0 aliphatic carbocycles. The second-order valence-corrected chi connectivity index (χ2v) is 6.08. The monoisotopic (exact) mass is 294 g/mol. The number of hydrogen-bond acceptors (Lipinski definition) is 4. The van der Waals surface area contributed by atoms with Crippen LogP contribution >= 0.6 is 11.6 Å². The lowest BCUT2D eigenvalue weighted by molar-refractivity contribution is -0.124. The molecule has 20 heavy (non-hydrogen) atoms. The summed E-state index contributed by atoms with van der Waals surface area (Å²) in [6, 6.07) is 5.72. The van der Waals surface area contributed by atoms with Crippen molar-refractivity contribution in [3.05, 3.63) is 28.8 Å². The first-order valence-electron chi connectivity index (χ1n) is 6.93. The Balaban J connectivity index is 2.02. The van der Waals surface area contributed by atoms with Crippen molar-refractivity contribution in [3.63, 3.8) is 0 Å². The number of anilines is 1. The molecule has 1 aromatic rings. The lowest BCUT2D eigenvalue weighted by Crippen LogP contribution is -2.56. The summed E-state index contributed by atoms with van der Waals surface area (Å²) in [5.41, 5.74) is 1.43. The largest absolute Gasteiger partial charge is 0.379 e. The van der Waals surface area contributed by atoms with Crippen molar-refractivity contribution in [3.8, 4) is 0 Å². The maximum atomic E-state index is 12.4. The fourth-order valence-corrected chi connectivity index (χ4v) is 3.36. The van der Waals surface area contributed by atoms with Gasteiger partial charge in [-0.05, 0) is 37.6 Å². The van der Waals surface area contributed by atoms with Crippen molar-refractivity contribution < 1.29 is 9.53 Å². The fourth-order valence-electron chi connectivity index (χ4n) is 3.19. The number of ether oxygens (including phenoxy) is 1. The minimum absolute atomic E-state index is 0.0302. The molecule has 0 amide bonds. The Morgan fingerprint density at radius 2 is 2.15 bits per heavy atom. The summed E-state index contributed by atoms with van der Waals surface area (Å²) in [7, 11) is 0. The van der Waals surface area contributed by atoms with Crippen LogP contribution < -0.4 is 5.32 Å². The highest BCUT2D eigenvalue weighted by Gasteiger charge is 2.49. The zero-order chi connectivity index (χ0) is 14.3. The van der Waals surface area contributed by atoms with Crippen LogP contribution in [0.3, 0.4) is 0 Å².